The first-order chi connectivity index (χ1) is 7.33. The number of hydrogen-bond acceptors (Lipinski definition) is 2. The van der Waals surface area contributed by atoms with Gasteiger partial charge in [-0.25, -0.2) is 4.98 Å². The Bertz CT molecular complexity index is 488. The van der Waals surface area contributed by atoms with Crippen LogP contribution >= 0.6 is 15.9 Å². The molecule has 2 aromatic heterocycles. The van der Waals surface area contributed by atoms with Crippen molar-refractivity contribution in [1.29, 1.82) is 0 Å². The van der Waals surface area contributed by atoms with Crippen molar-refractivity contribution >= 4 is 21.6 Å². The van der Waals surface area contributed by atoms with Crippen LogP contribution in [0.15, 0.2) is 29.0 Å². The molecule has 4 heteroatoms. The largest absolute Gasteiger partial charge is 0.308 e. The molecular formula is C11H12BrN3. The molecule has 3 rings (SSSR count). The van der Waals surface area contributed by atoms with Crippen molar-refractivity contribution in [1.82, 2.24) is 14.7 Å². The fourth-order valence-corrected chi connectivity index (χ4v) is 2.01. The van der Waals surface area contributed by atoms with Gasteiger partial charge in [-0.3, -0.25) is 0 Å². The summed E-state index contributed by atoms with van der Waals surface area (Å²) in [5.74, 6) is 0. The van der Waals surface area contributed by atoms with Crippen molar-refractivity contribution in [2.45, 2.75) is 25.4 Å². The Morgan fingerprint density at radius 2 is 2.33 bits per heavy atom. The minimum atomic E-state index is 0.739. The van der Waals surface area contributed by atoms with Gasteiger partial charge in [0.05, 0.1) is 11.9 Å². The van der Waals surface area contributed by atoms with E-state index in [-0.39, 0.29) is 0 Å². The van der Waals surface area contributed by atoms with E-state index >= 15 is 0 Å². The topological polar surface area (TPSA) is 29.3 Å². The molecule has 78 valence electrons. The zero-order valence-corrected chi connectivity index (χ0v) is 9.87. The SMILES string of the molecule is Brc1ccc2ncc(CNC3CC3)n2c1. The number of hydrogen-bond donors (Lipinski definition) is 1. The Morgan fingerprint density at radius 1 is 1.47 bits per heavy atom. The van der Waals surface area contributed by atoms with Crippen molar-refractivity contribution in [2.75, 3.05) is 0 Å². The van der Waals surface area contributed by atoms with Gasteiger partial charge in [0, 0.05) is 23.3 Å². The highest BCUT2D eigenvalue weighted by molar-refractivity contribution is 9.10. The summed E-state index contributed by atoms with van der Waals surface area (Å²) in [4.78, 5) is 4.36. The molecule has 1 N–H and O–H groups in total. The Hall–Kier alpha value is -0.870. The van der Waals surface area contributed by atoms with Crippen molar-refractivity contribution in [3.8, 4) is 0 Å². The summed E-state index contributed by atoms with van der Waals surface area (Å²) in [7, 11) is 0. The Morgan fingerprint density at radius 3 is 3.13 bits per heavy atom. The van der Waals surface area contributed by atoms with Gasteiger partial charge in [0.1, 0.15) is 5.65 Å². The minimum Gasteiger partial charge on any atom is -0.308 e. The van der Waals surface area contributed by atoms with Gasteiger partial charge in [0.2, 0.25) is 0 Å². The minimum absolute atomic E-state index is 0.739. The molecule has 3 nitrogen and oxygen atoms in total. The van der Waals surface area contributed by atoms with Gasteiger partial charge in [-0.2, -0.15) is 0 Å². The van der Waals surface area contributed by atoms with Crippen LogP contribution in [0.2, 0.25) is 0 Å². The first kappa shape index (κ1) is 9.36. The quantitative estimate of drug-likeness (QED) is 0.924. The number of halogens is 1. The van der Waals surface area contributed by atoms with Crippen molar-refractivity contribution in [3.63, 3.8) is 0 Å². The third kappa shape index (κ3) is 1.92. The van der Waals surface area contributed by atoms with Crippen molar-refractivity contribution in [3.05, 3.63) is 34.7 Å². The predicted molar refractivity (Wildman–Crippen MR) is 62.8 cm³/mol. The van der Waals surface area contributed by atoms with Crippen LogP contribution in [-0.2, 0) is 6.54 Å². The molecule has 15 heavy (non-hydrogen) atoms. The van der Waals surface area contributed by atoms with Gasteiger partial charge in [-0.1, -0.05) is 0 Å². The molecule has 0 spiro atoms. The molecule has 1 aliphatic rings. The molecule has 0 amide bonds. The molecule has 1 aliphatic carbocycles. The monoisotopic (exact) mass is 265 g/mol. The Balaban J connectivity index is 1.91. The number of aromatic nitrogens is 2. The zero-order valence-electron chi connectivity index (χ0n) is 8.28. The van der Waals surface area contributed by atoms with Gasteiger partial charge in [-0.15, -0.1) is 0 Å². The van der Waals surface area contributed by atoms with E-state index in [1.807, 2.05) is 18.3 Å². The number of fused-ring (bicyclic) bond motifs is 1. The molecule has 1 fully saturated rings. The summed E-state index contributed by atoms with van der Waals surface area (Å²) < 4.78 is 3.21. The average molecular weight is 266 g/mol. The van der Waals surface area contributed by atoms with Crippen LogP contribution in [0.4, 0.5) is 0 Å². The molecule has 0 radical (unpaired) electrons. The second-order valence-corrected chi connectivity index (χ2v) is 4.90. The zero-order chi connectivity index (χ0) is 10.3. The maximum absolute atomic E-state index is 4.36. The van der Waals surface area contributed by atoms with Crippen LogP contribution in [0, 0.1) is 0 Å². The van der Waals surface area contributed by atoms with Crippen LogP contribution < -0.4 is 5.32 Å². The van der Waals surface area contributed by atoms with Crippen LogP contribution in [0.1, 0.15) is 18.5 Å². The lowest BCUT2D eigenvalue weighted by atomic mass is 10.4. The van der Waals surface area contributed by atoms with E-state index in [0.717, 1.165) is 22.7 Å². The van der Waals surface area contributed by atoms with Crippen LogP contribution in [0.3, 0.4) is 0 Å². The second kappa shape index (κ2) is 3.61. The normalized spacial score (nSPS) is 16.1. The van der Waals surface area contributed by atoms with Crippen LogP contribution in [0.25, 0.3) is 5.65 Å². The van der Waals surface area contributed by atoms with Crippen molar-refractivity contribution < 1.29 is 0 Å². The van der Waals surface area contributed by atoms with Gasteiger partial charge in [0.25, 0.3) is 0 Å². The Kier molecular flexibility index (Phi) is 2.25. The maximum Gasteiger partial charge on any atom is 0.136 e. The molecule has 0 aromatic carbocycles. The van der Waals surface area contributed by atoms with Gasteiger partial charge >= 0.3 is 0 Å². The van der Waals surface area contributed by atoms with E-state index in [1.165, 1.54) is 18.5 Å². The molecule has 0 unspecified atom stereocenters. The summed E-state index contributed by atoms with van der Waals surface area (Å²) in [6.07, 6.45) is 6.64. The highest BCUT2D eigenvalue weighted by Crippen LogP contribution is 2.20. The summed E-state index contributed by atoms with van der Waals surface area (Å²) in [5.41, 5.74) is 2.23. The summed E-state index contributed by atoms with van der Waals surface area (Å²) >= 11 is 3.47. The number of nitrogens with zero attached hydrogens (tertiary/aromatic N) is 2. The molecule has 0 saturated heterocycles. The average Bonchev–Trinajstić information content (AvgIpc) is 2.97. The maximum atomic E-state index is 4.36. The summed E-state index contributed by atoms with van der Waals surface area (Å²) in [5, 5.41) is 3.49. The van der Waals surface area contributed by atoms with E-state index in [1.54, 1.807) is 0 Å². The smallest absolute Gasteiger partial charge is 0.136 e. The molecule has 2 aromatic rings. The fourth-order valence-electron chi connectivity index (χ4n) is 1.67. The lowest BCUT2D eigenvalue weighted by Crippen LogP contribution is -2.16. The van der Waals surface area contributed by atoms with E-state index < -0.39 is 0 Å². The number of imidazole rings is 1. The molecule has 2 heterocycles. The van der Waals surface area contributed by atoms with E-state index in [2.05, 4.69) is 36.8 Å². The number of nitrogens with one attached hydrogen (secondary N) is 1. The molecular weight excluding hydrogens is 254 g/mol. The Labute approximate surface area is 96.6 Å². The van der Waals surface area contributed by atoms with E-state index in [9.17, 15) is 0 Å². The fraction of sp³-hybridized carbons (Fsp3) is 0.364. The number of rotatable bonds is 3. The molecule has 0 atom stereocenters. The second-order valence-electron chi connectivity index (χ2n) is 3.98. The first-order valence-electron chi connectivity index (χ1n) is 5.18. The third-order valence-electron chi connectivity index (χ3n) is 2.70. The lowest BCUT2D eigenvalue weighted by molar-refractivity contribution is 0.670. The van der Waals surface area contributed by atoms with Crippen LogP contribution in [0.5, 0.6) is 0 Å². The molecule has 0 bridgehead atoms. The highest BCUT2D eigenvalue weighted by Gasteiger charge is 2.20. The van der Waals surface area contributed by atoms with Crippen LogP contribution in [-0.4, -0.2) is 15.4 Å². The van der Waals surface area contributed by atoms with Crippen molar-refractivity contribution in [2.24, 2.45) is 0 Å². The first-order valence-corrected chi connectivity index (χ1v) is 5.97. The predicted octanol–water partition coefficient (Wildman–Crippen LogP) is 2.35. The highest BCUT2D eigenvalue weighted by atomic mass is 79.9. The number of pyridine rings is 1. The molecule has 1 saturated carbocycles. The van der Waals surface area contributed by atoms with E-state index in [4.69, 9.17) is 0 Å². The third-order valence-corrected chi connectivity index (χ3v) is 3.16. The van der Waals surface area contributed by atoms with E-state index in [0.29, 0.717) is 0 Å². The van der Waals surface area contributed by atoms with Gasteiger partial charge < -0.3 is 9.72 Å². The summed E-state index contributed by atoms with van der Waals surface area (Å²) in [6, 6.07) is 4.77. The van der Waals surface area contributed by atoms with Gasteiger partial charge in [0.15, 0.2) is 0 Å². The standard InChI is InChI=1S/C11H12BrN3/c12-8-1-4-11-14-6-10(15(11)7-8)5-13-9-2-3-9/h1,4,6-7,9,13H,2-3,5H2. The lowest BCUT2D eigenvalue weighted by Gasteiger charge is -2.03. The summed E-state index contributed by atoms with van der Waals surface area (Å²) in [6.45, 7) is 0.905. The molecule has 0 aliphatic heterocycles. The van der Waals surface area contributed by atoms with Gasteiger partial charge in [-0.05, 0) is 40.9 Å².